The quantitative estimate of drug-likeness (QED) is 0.751. The summed E-state index contributed by atoms with van der Waals surface area (Å²) in [5, 5.41) is 12.4. The summed E-state index contributed by atoms with van der Waals surface area (Å²) >= 11 is 5.12. The molecule has 0 aliphatic rings. The fourth-order valence-corrected chi connectivity index (χ4v) is 2.44. The second-order valence-corrected chi connectivity index (χ2v) is 6.82. The second-order valence-electron chi connectivity index (χ2n) is 6.44. The van der Waals surface area contributed by atoms with Crippen LogP contribution in [0.15, 0.2) is 24.3 Å². The molecule has 3 N–H and O–H groups in total. The summed E-state index contributed by atoms with van der Waals surface area (Å²) in [6.45, 7) is 9.39. The molecule has 0 saturated heterocycles. The van der Waals surface area contributed by atoms with E-state index in [1.54, 1.807) is 0 Å². The number of aryl methyl sites for hydroxylation is 1. The van der Waals surface area contributed by atoms with Crippen molar-refractivity contribution >= 4 is 23.9 Å². The maximum atomic E-state index is 11.9. The summed E-state index contributed by atoms with van der Waals surface area (Å²) in [4.78, 5) is 11.9. The van der Waals surface area contributed by atoms with E-state index in [-0.39, 0.29) is 11.4 Å². The largest absolute Gasteiger partial charge is 0.336 e. The van der Waals surface area contributed by atoms with Crippen molar-refractivity contribution in [2.45, 2.75) is 39.7 Å². The van der Waals surface area contributed by atoms with E-state index in [4.69, 9.17) is 12.2 Å². The number of anilines is 1. The van der Waals surface area contributed by atoms with Crippen molar-refractivity contribution in [1.29, 1.82) is 0 Å². The summed E-state index contributed by atoms with van der Waals surface area (Å²) in [7, 11) is 0. The van der Waals surface area contributed by atoms with Gasteiger partial charge in [-0.15, -0.1) is 0 Å². The fourth-order valence-electron chi connectivity index (χ4n) is 2.17. The van der Waals surface area contributed by atoms with Gasteiger partial charge < -0.3 is 15.2 Å². The van der Waals surface area contributed by atoms with Crippen molar-refractivity contribution in [1.82, 2.24) is 20.1 Å². The first-order valence-electron chi connectivity index (χ1n) is 7.54. The number of aromatic amines is 1. The number of nitrogens with one attached hydrogen (secondary N) is 3. The highest BCUT2D eigenvalue weighted by atomic mass is 32.1. The van der Waals surface area contributed by atoms with E-state index in [2.05, 4.69) is 41.6 Å². The Morgan fingerprint density at radius 1 is 1.30 bits per heavy atom. The predicted octanol–water partition coefficient (Wildman–Crippen LogP) is 3.37. The van der Waals surface area contributed by atoms with Gasteiger partial charge in [0.25, 0.3) is 0 Å². The highest BCUT2D eigenvalue weighted by molar-refractivity contribution is 7.71. The summed E-state index contributed by atoms with van der Waals surface area (Å²) in [6.07, 6.45) is 0. The molecule has 0 atom stereocenters. The molecule has 2 amide bonds. The monoisotopic (exact) mass is 333 g/mol. The lowest BCUT2D eigenvalue weighted by atomic mass is 9.87. The van der Waals surface area contributed by atoms with Crippen molar-refractivity contribution in [2.75, 3.05) is 11.9 Å². The molecule has 2 rings (SSSR count). The number of H-pyrrole nitrogens is 1. The van der Waals surface area contributed by atoms with E-state index in [1.165, 1.54) is 5.56 Å². The molecule has 6 nitrogen and oxygen atoms in total. The van der Waals surface area contributed by atoms with Gasteiger partial charge in [0.15, 0.2) is 4.77 Å². The number of amides is 2. The van der Waals surface area contributed by atoms with E-state index < -0.39 is 0 Å². The normalized spacial score (nSPS) is 11.3. The minimum absolute atomic E-state index is 0.0996. The number of benzene rings is 1. The van der Waals surface area contributed by atoms with Crippen molar-refractivity contribution in [2.24, 2.45) is 0 Å². The molecule has 0 spiro atoms. The first kappa shape index (κ1) is 17.2. The molecule has 124 valence electrons. The lowest BCUT2D eigenvalue weighted by Crippen LogP contribution is -2.31. The first-order valence-corrected chi connectivity index (χ1v) is 7.95. The van der Waals surface area contributed by atoms with Gasteiger partial charge in [0.1, 0.15) is 5.82 Å². The smallest absolute Gasteiger partial charge is 0.319 e. The molecular formula is C16H23N5OS. The first-order chi connectivity index (χ1) is 10.8. The number of hydrogen-bond acceptors (Lipinski definition) is 3. The Morgan fingerprint density at radius 2 is 1.96 bits per heavy atom. The van der Waals surface area contributed by atoms with Gasteiger partial charge in [0, 0.05) is 18.8 Å². The summed E-state index contributed by atoms with van der Waals surface area (Å²) in [6, 6.07) is 7.65. The molecule has 7 heteroatoms. The van der Waals surface area contributed by atoms with E-state index in [9.17, 15) is 4.79 Å². The van der Waals surface area contributed by atoms with E-state index in [0.29, 0.717) is 17.9 Å². The topological polar surface area (TPSA) is 74.7 Å². The lowest BCUT2D eigenvalue weighted by Gasteiger charge is -2.19. The van der Waals surface area contributed by atoms with Crippen LogP contribution in [0.4, 0.5) is 10.5 Å². The minimum Gasteiger partial charge on any atom is -0.336 e. The lowest BCUT2D eigenvalue weighted by molar-refractivity contribution is 0.251. The maximum Gasteiger partial charge on any atom is 0.319 e. The number of urea groups is 1. The van der Waals surface area contributed by atoms with Crippen LogP contribution >= 0.6 is 12.2 Å². The van der Waals surface area contributed by atoms with Gasteiger partial charge in [0.2, 0.25) is 0 Å². The molecule has 0 saturated carbocycles. The third kappa shape index (κ3) is 4.66. The third-order valence-electron chi connectivity index (χ3n) is 3.58. The van der Waals surface area contributed by atoms with Gasteiger partial charge in [-0.2, -0.15) is 5.10 Å². The zero-order valence-corrected chi connectivity index (χ0v) is 14.8. The zero-order valence-electron chi connectivity index (χ0n) is 13.9. The minimum atomic E-state index is -0.235. The number of nitrogens with zero attached hydrogens (tertiary/aromatic N) is 2. The van der Waals surface area contributed by atoms with Gasteiger partial charge in [-0.1, -0.05) is 32.9 Å². The summed E-state index contributed by atoms with van der Waals surface area (Å²) < 4.78 is 2.40. The number of rotatable bonds is 4. The number of carbonyl (C=O) groups excluding carboxylic acids is 1. The van der Waals surface area contributed by atoms with Crippen LogP contribution in [0.1, 0.15) is 32.2 Å². The SMILES string of the molecule is Cc1n[nH]c(=S)n1CCNC(=O)Nc1ccc(C(C)(C)C)cc1. The van der Waals surface area contributed by atoms with Crippen LogP contribution in [0.3, 0.4) is 0 Å². The average molecular weight is 333 g/mol. The Labute approximate surface area is 141 Å². The van der Waals surface area contributed by atoms with Crippen LogP contribution in [0, 0.1) is 11.7 Å². The van der Waals surface area contributed by atoms with E-state index >= 15 is 0 Å². The van der Waals surface area contributed by atoms with Crippen LogP contribution in [-0.2, 0) is 12.0 Å². The molecule has 1 heterocycles. The fraction of sp³-hybridized carbons (Fsp3) is 0.438. The molecule has 0 fully saturated rings. The Kier molecular flexibility index (Phi) is 5.20. The van der Waals surface area contributed by atoms with Crippen LogP contribution < -0.4 is 10.6 Å². The molecule has 1 aromatic carbocycles. The Bertz CT molecular complexity index is 724. The Balaban J connectivity index is 1.84. The van der Waals surface area contributed by atoms with Crippen molar-refractivity contribution in [3.8, 4) is 0 Å². The Hall–Kier alpha value is -2.15. The van der Waals surface area contributed by atoms with Crippen molar-refractivity contribution < 1.29 is 4.79 Å². The molecule has 2 aromatic rings. The van der Waals surface area contributed by atoms with Crippen LogP contribution in [0.2, 0.25) is 0 Å². The molecule has 1 aromatic heterocycles. The van der Waals surface area contributed by atoms with E-state index in [0.717, 1.165) is 11.5 Å². The molecule has 23 heavy (non-hydrogen) atoms. The number of hydrogen-bond donors (Lipinski definition) is 3. The average Bonchev–Trinajstić information content (AvgIpc) is 2.78. The molecular weight excluding hydrogens is 310 g/mol. The highest BCUT2D eigenvalue weighted by Crippen LogP contribution is 2.23. The van der Waals surface area contributed by atoms with Crippen molar-refractivity contribution in [3.05, 3.63) is 40.4 Å². The van der Waals surface area contributed by atoms with Gasteiger partial charge in [-0.3, -0.25) is 5.10 Å². The summed E-state index contributed by atoms with van der Waals surface area (Å²) in [5.74, 6) is 0.801. The zero-order chi connectivity index (χ0) is 17.0. The van der Waals surface area contributed by atoms with Crippen LogP contribution in [0.5, 0.6) is 0 Å². The van der Waals surface area contributed by atoms with Gasteiger partial charge in [-0.05, 0) is 42.3 Å². The molecule has 0 unspecified atom stereocenters. The molecule has 0 aliphatic heterocycles. The van der Waals surface area contributed by atoms with Gasteiger partial charge in [-0.25, -0.2) is 4.79 Å². The van der Waals surface area contributed by atoms with Gasteiger partial charge in [0.05, 0.1) is 0 Å². The summed E-state index contributed by atoms with van der Waals surface area (Å²) in [5.41, 5.74) is 2.10. The molecule has 0 radical (unpaired) electrons. The molecule has 0 bridgehead atoms. The third-order valence-corrected chi connectivity index (χ3v) is 3.89. The van der Waals surface area contributed by atoms with Crippen molar-refractivity contribution in [3.63, 3.8) is 0 Å². The predicted molar refractivity (Wildman–Crippen MR) is 94.3 cm³/mol. The van der Waals surface area contributed by atoms with Crippen LogP contribution in [0.25, 0.3) is 0 Å². The number of carbonyl (C=O) groups is 1. The standard InChI is InChI=1S/C16H23N5OS/c1-11-19-20-15(23)21(11)10-9-17-14(22)18-13-7-5-12(6-8-13)16(2,3)4/h5-8H,9-10H2,1-4H3,(H,20,23)(H2,17,18,22). The Morgan fingerprint density at radius 3 is 2.48 bits per heavy atom. The van der Waals surface area contributed by atoms with E-state index in [1.807, 2.05) is 35.8 Å². The van der Waals surface area contributed by atoms with Gasteiger partial charge >= 0.3 is 6.03 Å². The van der Waals surface area contributed by atoms with Crippen LogP contribution in [-0.4, -0.2) is 27.3 Å². The molecule has 0 aliphatic carbocycles. The maximum absolute atomic E-state index is 11.9. The number of aromatic nitrogens is 3. The second kappa shape index (κ2) is 6.95. The highest BCUT2D eigenvalue weighted by Gasteiger charge is 2.13.